The molecule has 3 unspecified atom stereocenters. The van der Waals surface area contributed by atoms with Crippen LogP contribution < -0.4 is 10.6 Å². The van der Waals surface area contributed by atoms with Crippen molar-refractivity contribution in [3.63, 3.8) is 0 Å². The van der Waals surface area contributed by atoms with Crippen LogP contribution in [0.15, 0.2) is 0 Å². The highest BCUT2D eigenvalue weighted by Crippen LogP contribution is 2.33. The molecule has 3 saturated heterocycles. The lowest BCUT2D eigenvalue weighted by Crippen LogP contribution is -2.58. The summed E-state index contributed by atoms with van der Waals surface area (Å²) < 4.78 is 63.5. The zero-order valence-corrected chi connectivity index (χ0v) is 54.1. The van der Waals surface area contributed by atoms with Gasteiger partial charge in [0, 0.05) is 134 Å². The Bertz CT molecular complexity index is 1880. The molecule has 3 aliphatic heterocycles. The van der Waals surface area contributed by atoms with E-state index in [0.29, 0.717) is 56.1 Å². The first-order chi connectivity index (χ1) is 35.5. The third kappa shape index (κ3) is 27.6. The largest absolute Gasteiger partial charge is 0.693 e. The molecule has 3 atom stereocenters. The van der Waals surface area contributed by atoms with Crippen molar-refractivity contribution < 1.29 is 35.9 Å². The van der Waals surface area contributed by atoms with E-state index in [1.165, 1.54) is 96.0 Å². The number of halogens is 1. The topological polar surface area (TPSA) is 201 Å². The zero-order chi connectivity index (χ0) is 56.4. The predicted octanol–water partition coefficient (Wildman–Crippen LogP) is 10.6. The fourth-order valence-electron chi connectivity index (χ4n) is 12.6. The molecule has 6 rings (SSSR count). The van der Waals surface area contributed by atoms with Gasteiger partial charge < -0.3 is 36.1 Å². The van der Waals surface area contributed by atoms with Crippen LogP contribution >= 0.6 is 12.4 Å². The first-order valence-electron chi connectivity index (χ1n) is 30.1. The number of carbonyl (C=O) groups excluding carboxylic acids is 2. The Hall–Kier alpha value is -1.59. The highest BCUT2D eigenvalue weighted by atomic mass is 35.5. The van der Waals surface area contributed by atoms with Crippen LogP contribution in [-0.2, 0) is 29.5 Å². The number of piperazine rings is 3. The molecule has 18 nitrogen and oxygen atoms in total. The number of sulfonamides is 2. The first-order valence-corrected chi connectivity index (χ1v) is 33.8. The molecule has 0 radical (unpaired) electrons. The summed E-state index contributed by atoms with van der Waals surface area (Å²) in [6, 6.07) is 1.67. The van der Waals surface area contributed by atoms with Gasteiger partial charge in [0.1, 0.15) is 11.2 Å². The second-order valence-corrected chi connectivity index (χ2v) is 30.0. The van der Waals surface area contributed by atoms with Gasteiger partial charge in [0.25, 0.3) is 0 Å². The lowest BCUT2D eigenvalue weighted by Gasteiger charge is -2.45. The minimum absolute atomic E-state index is 0. The molecule has 3 aliphatic carbocycles. The van der Waals surface area contributed by atoms with Gasteiger partial charge in [-0.05, 0) is 126 Å². The number of hydrogen-bond acceptors (Lipinski definition) is 13. The molecule has 0 aromatic rings. The molecule has 0 aromatic heterocycles. The Balaban J connectivity index is 0.00000115. The molecule has 6 aliphatic rings. The second kappa shape index (κ2) is 37.1. The Morgan fingerprint density at radius 1 is 0.512 bits per heavy atom. The first kappa shape index (κ1) is 78.4. The lowest BCUT2D eigenvalue weighted by atomic mass is 9.82. The maximum atomic E-state index is 12.4. The average Bonchev–Trinajstić information content (AvgIpc) is 3.34. The quantitative estimate of drug-likeness (QED) is 0.139. The smallest absolute Gasteiger partial charge is 0.410 e. The Kier molecular flexibility index (Phi) is 36.3. The molecule has 478 valence electrons. The summed E-state index contributed by atoms with van der Waals surface area (Å²) in [5.74, 6) is 1.96. The third-order valence-corrected chi connectivity index (χ3v) is 19.4. The van der Waals surface area contributed by atoms with E-state index in [2.05, 4.69) is 39.2 Å². The molecule has 80 heavy (non-hydrogen) atoms. The van der Waals surface area contributed by atoms with Crippen molar-refractivity contribution >= 4 is 44.6 Å². The van der Waals surface area contributed by atoms with E-state index in [9.17, 15) is 26.4 Å². The molecule has 0 bridgehead atoms. The Morgan fingerprint density at radius 2 is 0.800 bits per heavy atom. The number of nitrogens with zero attached hydrogens (tertiary/aromatic N) is 7. The number of amides is 2. The van der Waals surface area contributed by atoms with Crippen molar-refractivity contribution in [1.82, 2.24) is 43.7 Å². The summed E-state index contributed by atoms with van der Waals surface area (Å²) in [4.78, 5) is 35.9. The van der Waals surface area contributed by atoms with Crippen LogP contribution in [0.5, 0.6) is 0 Å². The standard InChI is InChI=1S/C21H41N3O4S.C20H39N3O2.C16H33N3O2S.2CH4.ClH.H2N/c1-17(2)24(29(6,26)27)16-19(18-10-8-7-9-11-18)22-12-14-23(15-13-22)20(25)28-21(3,4)5;1-16(2)21-15-18(17-9-7-6-8-10-17)22-11-13-23(14-12-22)19(24)25-20(3,4)5;1-14(2)19(22(3,20)21)13-16(15-7-5-4-6-8-15)18-11-9-17-10-12-18;;;;/h17-19H,7-16H2,1-6H3;16-18,21H,6-15H2,1-5H3;14-17H,4-13H2,1-3H3;2*1H4;1H;1H2/q;;;;;;-1. The van der Waals surface area contributed by atoms with Crippen LogP contribution in [-0.4, -0.2) is 220 Å². The lowest BCUT2D eigenvalue weighted by molar-refractivity contribution is 0.00232. The van der Waals surface area contributed by atoms with Crippen molar-refractivity contribution in [2.75, 3.05) is 111 Å². The van der Waals surface area contributed by atoms with E-state index < -0.39 is 31.2 Å². The van der Waals surface area contributed by atoms with Gasteiger partial charge in [-0.25, -0.2) is 26.4 Å². The van der Waals surface area contributed by atoms with Crippen LogP contribution in [0.25, 0.3) is 6.15 Å². The van der Waals surface area contributed by atoms with E-state index in [0.717, 1.165) is 90.8 Å². The fourth-order valence-corrected chi connectivity index (χ4v) is 15.0. The SMILES string of the molecule is C.C.CC(C)N(CC(C1CCCCC1)N1CCN(C(=O)OC(C)(C)C)CC1)S(C)(=O)=O.CC(C)N(CC(C1CCCCC1)N1CCNCC1)S(C)(=O)=O.CC(C)NCC(C1CCCCC1)N1CCN(C(=O)OC(C)(C)C)CC1.Cl.[NH2-]. The minimum Gasteiger partial charge on any atom is -0.693 e. The molecule has 4 N–H and O–H groups in total. The highest BCUT2D eigenvalue weighted by Gasteiger charge is 2.38. The number of ether oxygens (including phenoxy) is 2. The van der Waals surface area contributed by atoms with Crippen molar-refractivity contribution in [1.29, 1.82) is 0 Å². The number of hydrogen-bond donors (Lipinski definition) is 2. The molecular formula is C59H124ClN10O8S2-. The van der Waals surface area contributed by atoms with Crippen molar-refractivity contribution in [2.24, 2.45) is 17.8 Å². The molecule has 6 fully saturated rings. The molecule has 0 aromatic carbocycles. The van der Waals surface area contributed by atoms with E-state index in [-0.39, 0.29) is 63.7 Å². The Morgan fingerprint density at radius 3 is 1.07 bits per heavy atom. The normalized spacial score (nSPS) is 21.4. The summed E-state index contributed by atoms with van der Waals surface area (Å²) in [5.41, 5.74) is -0.911. The van der Waals surface area contributed by atoms with Gasteiger partial charge in [0.2, 0.25) is 20.0 Å². The summed E-state index contributed by atoms with van der Waals surface area (Å²) >= 11 is 0. The molecule has 2 amide bonds. The van der Waals surface area contributed by atoms with Crippen molar-refractivity contribution in [3.8, 4) is 0 Å². The number of nitrogens with two attached hydrogens (primary N) is 1. The van der Waals surface area contributed by atoms with Crippen molar-refractivity contribution in [2.45, 2.75) is 242 Å². The highest BCUT2D eigenvalue weighted by molar-refractivity contribution is 7.88. The van der Waals surface area contributed by atoms with Crippen LogP contribution in [0, 0.1) is 17.8 Å². The molecule has 21 heteroatoms. The zero-order valence-electron chi connectivity index (χ0n) is 51.6. The van der Waals surface area contributed by atoms with Crippen LogP contribution in [0.1, 0.15) is 194 Å². The number of rotatable bonds is 17. The van der Waals surface area contributed by atoms with Gasteiger partial charge in [-0.15, -0.1) is 12.4 Å². The summed E-state index contributed by atoms with van der Waals surface area (Å²) in [7, 11) is -6.40. The van der Waals surface area contributed by atoms with Crippen molar-refractivity contribution in [3.05, 3.63) is 6.15 Å². The summed E-state index contributed by atoms with van der Waals surface area (Å²) in [6.07, 6.45) is 21.6. The second-order valence-electron chi connectivity index (χ2n) is 26.1. The van der Waals surface area contributed by atoms with E-state index >= 15 is 0 Å². The van der Waals surface area contributed by atoms with Gasteiger partial charge in [0.15, 0.2) is 0 Å². The summed E-state index contributed by atoms with van der Waals surface area (Å²) in [6.45, 7) is 36.3. The van der Waals surface area contributed by atoms with E-state index in [1.54, 1.807) is 13.5 Å². The van der Waals surface area contributed by atoms with Gasteiger partial charge in [0.05, 0.1) is 12.5 Å². The number of nitrogens with one attached hydrogen (secondary N) is 2. The maximum absolute atomic E-state index is 12.4. The average molecular weight is 1200 g/mol. The van der Waals surface area contributed by atoms with Gasteiger partial charge in [-0.1, -0.05) is 86.5 Å². The van der Waals surface area contributed by atoms with Gasteiger partial charge in [-0.2, -0.15) is 8.61 Å². The van der Waals surface area contributed by atoms with Crippen LogP contribution in [0.2, 0.25) is 0 Å². The van der Waals surface area contributed by atoms with E-state index in [1.807, 2.05) is 74.1 Å². The Labute approximate surface area is 498 Å². The summed E-state index contributed by atoms with van der Waals surface area (Å²) in [5, 5.41) is 7.06. The van der Waals surface area contributed by atoms with Crippen LogP contribution in [0.4, 0.5) is 9.59 Å². The van der Waals surface area contributed by atoms with Crippen LogP contribution in [0.3, 0.4) is 0 Å². The maximum Gasteiger partial charge on any atom is 0.410 e. The van der Waals surface area contributed by atoms with E-state index in [4.69, 9.17) is 9.47 Å². The molecule has 0 spiro atoms. The minimum atomic E-state index is -3.26. The molecule has 3 saturated carbocycles. The molecule has 3 heterocycles. The monoisotopic (exact) mass is 1200 g/mol. The predicted molar refractivity (Wildman–Crippen MR) is 337 cm³/mol. The third-order valence-electron chi connectivity index (χ3n) is 16.5. The van der Waals surface area contributed by atoms with Gasteiger partial charge >= 0.3 is 12.2 Å². The van der Waals surface area contributed by atoms with Gasteiger partial charge in [-0.3, -0.25) is 14.7 Å². The fraction of sp³-hybridized carbons (Fsp3) is 0.966. The molecular weight excluding hydrogens is 1080 g/mol. The number of carbonyl (C=O) groups is 2.